The third-order valence-electron chi connectivity index (χ3n) is 7.87. The number of fused-ring (bicyclic) bond motifs is 4. The Morgan fingerprint density at radius 2 is 1.75 bits per heavy atom. The first-order valence-electron chi connectivity index (χ1n) is 9.11. The summed E-state index contributed by atoms with van der Waals surface area (Å²) in [5, 5.41) is 0. The van der Waals surface area contributed by atoms with Crippen molar-refractivity contribution in [1.29, 1.82) is 0 Å². The predicted molar refractivity (Wildman–Crippen MR) is 81.3 cm³/mol. The standard InChI is InChI=1S/C19H30O/c1-12-3-7-16-13(9-12)4-5-14-11-19(2)15(10-17(14)16)6-8-18(19)20/h12-17H,3-11H2,1-2H3/t12-,13+,14+,15-,16+,17+,19-/m0/s1. The molecule has 1 heteroatoms. The highest BCUT2D eigenvalue weighted by molar-refractivity contribution is 5.87. The molecule has 4 aliphatic rings. The monoisotopic (exact) mass is 274 g/mol. The third-order valence-corrected chi connectivity index (χ3v) is 7.87. The van der Waals surface area contributed by atoms with E-state index >= 15 is 0 Å². The average Bonchev–Trinajstić information content (AvgIpc) is 2.71. The van der Waals surface area contributed by atoms with Crippen molar-refractivity contribution in [3.8, 4) is 0 Å². The molecule has 4 aliphatic carbocycles. The summed E-state index contributed by atoms with van der Waals surface area (Å²) in [7, 11) is 0. The molecular formula is C19H30O. The molecule has 112 valence electrons. The van der Waals surface area contributed by atoms with Crippen LogP contribution in [0.2, 0.25) is 0 Å². The van der Waals surface area contributed by atoms with Gasteiger partial charge >= 0.3 is 0 Å². The second kappa shape index (κ2) is 4.58. The topological polar surface area (TPSA) is 17.1 Å². The highest BCUT2D eigenvalue weighted by atomic mass is 16.1. The van der Waals surface area contributed by atoms with Crippen LogP contribution in [-0.4, -0.2) is 5.78 Å². The summed E-state index contributed by atoms with van der Waals surface area (Å²) in [6.45, 7) is 4.76. The van der Waals surface area contributed by atoms with Gasteiger partial charge in [-0.25, -0.2) is 0 Å². The van der Waals surface area contributed by atoms with Crippen molar-refractivity contribution >= 4 is 5.78 Å². The van der Waals surface area contributed by atoms with Crippen LogP contribution in [0, 0.1) is 40.9 Å². The second-order valence-corrected chi connectivity index (χ2v) is 8.86. The normalized spacial score (nSPS) is 55.0. The molecule has 0 unspecified atom stereocenters. The quantitative estimate of drug-likeness (QED) is 0.617. The number of rotatable bonds is 0. The van der Waals surface area contributed by atoms with Crippen LogP contribution in [0.5, 0.6) is 0 Å². The Hall–Kier alpha value is -0.330. The van der Waals surface area contributed by atoms with E-state index in [1.165, 1.54) is 51.4 Å². The Bertz CT molecular complexity index is 414. The van der Waals surface area contributed by atoms with Crippen LogP contribution in [0.25, 0.3) is 0 Å². The maximum absolute atomic E-state index is 12.3. The predicted octanol–water partition coefficient (Wildman–Crippen LogP) is 4.84. The zero-order valence-electron chi connectivity index (χ0n) is 13.2. The minimum atomic E-state index is 0.0793. The molecule has 0 aliphatic heterocycles. The Morgan fingerprint density at radius 3 is 2.60 bits per heavy atom. The summed E-state index contributed by atoms with van der Waals surface area (Å²) in [6, 6.07) is 0. The smallest absolute Gasteiger partial charge is 0.139 e. The Balaban J connectivity index is 1.56. The molecule has 0 heterocycles. The fourth-order valence-electron chi connectivity index (χ4n) is 6.70. The Morgan fingerprint density at radius 1 is 0.950 bits per heavy atom. The van der Waals surface area contributed by atoms with E-state index in [1.807, 2.05) is 0 Å². The van der Waals surface area contributed by atoms with Crippen LogP contribution >= 0.6 is 0 Å². The van der Waals surface area contributed by atoms with Crippen LogP contribution in [0.15, 0.2) is 0 Å². The van der Waals surface area contributed by atoms with Gasteiger partial charge in [0.05, 0.1) is 0 Å². The molecule has 0 N–H and O–H groups in total. The highest BCUT2D eigenvalue weighted by Crippen LogP contribution is 2.60. The van der Waals surface area contributed by atoms with Gasteiger partial charge < -0.3 is 0 Å². The third kappa shape index (κ3) is 1.84. The second-order valence-electron chi connectivity index (χ2n) is 8.86. The van der Waals surface area contributed by atoms with Crippen molar-refractivity contribution in [2.24, 2.45) is 40.9 Å². The van der Waals surface area contributed by atoms with Gasteiger partial charge in [0.1, 0.15) is 5.78 Å². The molecule has 4 rings (SSSR count). The molecule has 0 saturated heterocycles. The lowest BCUT2D eigenvalue weighted by Crippen LogP contribution is -2.47. The van der Waals surface area contributed by atoms with E-state index in [4.69, 9.17) is 0 Å². The maximum Gasteiger partial charge on any atom is 0.139 e. The molecular weight excluding hydrogens is 244 g/mol. The molecule has 0 amide bonds. The number of hydrogen-bond acceptors (Lipinski definition) is 1. The molecule has 0 aromatic carbocycles. The molecule has 1 nitrogen and oxygen atoms in total. The molecule has 0 spiro atoms. The van der Waals surface area contributed by atoms with Gasteiger partial charge in [0, 0.05) is 11.8 Å². The van der Waals surface area contributed by atoms with Crippen molar-refractivity contribution in [2.45, 2.75) is 71.6 Å². The summed E-state index contributed by atoms with van der Waals surface area (Å²) in [5.74, 6) is 6.20. The summed E-state index contributed by atoms with van der Waals surface area (Å²) in [5.41, 5.74) is 0.0793. The van der Waals surface area contributed by atoms with Gasteiger partial charge in [-0.05, 0) is 80.5 Å². The lowest BCUT2D eigenvalue weighted by atomic mass is 9.51. The van der Waals surface area contributed by atoms with Gasteiger partial charge in [0.2, 0.25) is 0 Å². The van der Waals surface area contributed by atoms with Crippen molar-refractivity contribution in [1.82, 2.24) is 0 Å². The number of carbonyl (C=O) groups excluding carboxylic acids is 1. The van der Waals surface area contributed by atoms with Gasteiger partial charge in [-0.2, -0.15) is 0 Å². The summed E-state index contributed by atoms with van der Waals surface area (Å²) in [6.07, 6.45) is 12.0. The van der Waals surface area contributed by atoms with Gasteiger partial charge in [-0.1, -0.05) is 20.3 Å². The molecule has 4 saturated carbocycles. The van der Waals surface area contributed by atoms with Crippen molar-refractivity contribution in [2.75, 3.05) is 0 Å². The van der Waals surface area contributed by atoms with Crippen LogP contribution in [0.3, 0.4) is 0 Å². The summed E-state index contributed by atoms with van der Waals surface area (Å²) >= 11 is 0. The van der Waals surface area contributed by atoms with Crippen molar-refractivity contribution in [3.05, 3.63) is 0 Å². The Labute approximate surface area is 123 Å². The molecule has 0 aromatic heterocycles. The largest absolute Gasteiger partial charge is 0.299 e. The summed E-state index contributed by atoms with van der Waals surface area (Å²) in [4.78, 5) is 12.3. The molecule has 0 aromatic rings. The van der Waals surface area contributed by atoms with Crippen LogP contribution in [0.1, 0.15) is 71.6 Å². The van der Waals surface area contributed by atoms with E-state index in [1.54, 1.807) is 0 Å². The lowest BCUT2D eigenvalue weighted by Gasteiger charge is -2.53. The molecule has 0 bridgehead atoms. The van der Waals surface area contributed by atoms with Gasteiger partial charge in [-0.3, -0.25) is 4.79 Å². The first kappa shape index (κ1) is 13.3. The summed E-state index contributed by atoms with van der Waals surface area (Å²) < 4.78 is 0. The number of hydrogen-bond donors (Lipinski definition) is 0. The molecule has 7 atom stereocenters. The number of ketones is 1. The van der Waals surface area contributed by atoms with Gasteiger partial charge in [0.15, 0.2) is 0 Å². The van der Waals surface area contributed by atoms with E-state index in [9.17, 15) is 4.79 Å². The highest BCUT2D eigenvalue weighted by Gasteiger charge is 2.55. The Kier molecular flexibility index (Phi) is 3.06. The average molecular weight is 274 g/mol. The van der Waals surface area contributed by atoms with E-state index in [2.05, 4.69) is 13.8 Å². The van der Waals surface area contributed by atoms with Gasteiger partial charge in [0.25, 0.3) is 0 Å². The van der Waals surface area contributed by atoms with E-state index in [0.717, 1.165) is 41.9 Å². The number of carbonyl (C=O) groups is 1. The van der Waals surface area contributed by atoms with E-state index in [-0.39, 0.29) is 5.41 Å². The zero-order chi connectivity index (χ0) is 13.9. The van der Waals surface area contributed by atoms with Gasteiger partial charge in [-0.15, -0.1) is 0 Å². The van der Waals surface area contributed by atoms with Crippen molar-refractivity contribution in [3.63, 3.8) is 0 Å². The lowest BCUT2D eigenvalue weighted by molar-refractivity contribution is -0.132. The van der Waals surface area contributed by atoms with Crippen LogP contribution in [-0.2, 0) is 4.79 Å². The minimum Gasteiger partial charge on any atom is -0.299 e. The molecule has 0 radical (unpaired) electrons. The fraction of sp³-hybridized carbons (Fsp3) is 0.947. The van der Waals surface area contributed by atoms with E-state index in [0.29, 0.717) is 5.78 Å². The fourth-order valence-corrected chi connectivity index (χ4v) is 6.70. The first-order valence-corrected chi connectivity index (χ1v) is 9.11. The van der Waals surface area contributed by atoms with Crippen LogP contribution in [0.4, 0.5) is 0 Å². The molecule has 20 heavy (non-hydrogen) atoms. The molecule has 4 fully saturated rings. The number of Topliss-reactive ketones (excluding diaryl/α,β-unsaturated/α-hetero) is 1. The first-order chi connectivity index (χ1) is 9.58. The SMILES string of the molecule is C[C@H]1CC[C@@H]2[C@H](CC[C@@H]3C[C@]4(C)C(=O)CC[C@H]4C[C@H]32)C1. The zero-order valence-corrected chi connectivity index (χ0v) is 13.2. The van der Waals surface area contributed by atoms with Crippen molar-refractivity contribution < 1.29 is 4.79 Å². The van der Waals surface area contributed by atoms with Crippen LogP contribution < -0.4 is 0 Å². The maximum atomic E-state index is 12.3. The van der Waals surface area contributed by atoms with E-state index < -0.39 is 0 Å². The minimum absolute atomic E-state index is 0.0793.